The minimum Gasteiger partial charge on any atom is -0.481 e. The highest BCUT2D eigenvalue weighted by molar-refractivity contribution is 5.66. The number of likely N-dealkylation sites (tertiary alicyclic amines) is 1. The van der Waals surface area contributed by atoms with Gasteiger partial charge in [-0.25, -0.2) is 0 Å². The molecule has 0 spiro atoms. The second-order valence-corrected chi connectivity index (χ2v) is 4.15. The van der Waals surface area contributed by atoms with Gasteiger partial charge >= 0.3 is 5.97 Å². The van der Waals surface area contributed by atoms with Crippen LogP contribution in [-0.2, 0) is 9.53 Å². The Morgan fingerprint density at radius 2 is 2.33 bits per heavy atom. The molecule has 0 aromatic carbocycles. The molecule has 0 aromatic rings. The van der Waals surface area contributed by atoms with Crippen LogP contribution in [0.3, 0.4) is 0 Å². The average Bonchev–Trinajstić information content (AvgIpc) is 2.24. The molecule has 0 aliphatic carbocycles. The summed E-state index contributed by atoms with van der Waals surface area (Å²) in [5, 5.41) is 8.50. The van der Waals surface area contributed by atoms with Crippen LogP contribution in [0.2, 0.25) is 0 Å². The number of hydrogen-bond acceptors (Lipinski definition) is 3. The van der Waals surface area contributed by atoms with Gasteiger partial charge in [-0.3, -0.25) is 4.79 Å². The molecule has 0 saturated carbocycles. The molecule has 0 amide bonds. The zero-order valence-corrected chi connectivity index (χ0v) is 9.45. The van der Waals surface area contributed by atoms with Gasteiger partial charge in [-0.1, -0.05) is 0 Å². The van der Waals surface area contributed by atoms with Crippen molar-refractivity contribution in [2.75, 3.05) is 26.7 Å². The number of unbranched alkanes of at least 4 members (excludes halogenated alkanes) is 1. The Labute approximate surface area is 91.2 Å². The molecule has 1 saturated heterocycles. The third-order valence-electron chi connectivity index (χ3n) is 2.91. The smallest absolute Gasteiger partial charge is 0.303 e. The maximum atomic E-state index is 10.3. The first-order valence-corrected chi connectivity index (χ1v) is 5.69. The van der Waals surface area contributed by atoms with Crippen molar-refractivity contribution in [2.45, 2.75) is 38.2 Å². The number of rotatable bonds is 6. The molecule has 0 radical (unpaired) electrons. The van der Waals surface area contributed by atoms with Crippen LogP contribution in [0.4, 0.5) is 0 Å². The van der Waals surface area contributed by atoms with Crippen LogP contribution in [0, 0.1) is 0 Å². The van der Waals surface area contributed by atoms with Gasteiger partial charge in [-0.05, 0) is 38.8 Å². The number of carboxylic acids is 1. The molecule has 0 bridgehead atoms. The molecule has 1 aliphatic rings. The Hall–Kier alpha value is -0.610. The van der Waals surface area contributed by atoms with Crippen molar-refractivity contribution in [3.8, 4) is 0 Å². The number of ether oxygens (including phenoxy) is 1. The van der Waals surface area contributed by atoms with Crippen LogP contribution < -0.4 is 0 Å². The Bertz CT molecular complexity index is 196. The van der Waals surface area contributed by atoms with Crippen molar-refractivity contribution in [2.24, 2.45) is 0 Å². The molecule has 1 heterocycles. The van der Waals surface area contributed by atoms with Crippen LogP contribution in [-0.4, -0.2) is 48.8 Å². The van der Waals surface area contributed by atoms with Gasteiger partial charge in [-0.15, -0.1) is 0 Å². The first-order valence-electron chi connectivity index (χ1n) is 5.69. The highest BCUT2D eigenvalue weighted by atomic mass is 16.5. The number of methoxy groups -OCH3 is 1. The van der Waals surface area contributed by atoms with Gasteiger partial charge in [0.1, 0.15) is 0 Å². The van der Waals surface area contributed by atoms with Crippen molar-refractivity contribution >= 4 is 5.97 Å². The lowest BCUT2D eigenvalue weighted by molar-refractivity contribution is -0.137. The van der Waals surface area contributed by atoms with E-state index < -0.39 is 5.97 Å². The van der Waals surface area contributed by atoms with Crippen molar-refractivity contribution in [3.63, 3.8) is 0 Å². The number of carboxylic acid groups (broad SMARTS) is 1. The molecule has 4 nitrogen and oxygen atoms in total. The summed E-state index contributed by atoms with van der Waals surface area (Å²) >= 11 is 0. The molecule has 1 atom stereocenters. The third-order valence-corrected chi connectivity index (χ3v) is 2.91. The van der Waals surface area contributed by atoms with Crippen LogP contribution in [0.25, 0.3) is 0 Å². The standard InChI is InChI=1S/C11H21NO3/c1-15-10-5-4-8-12(9-10)7-3-2-6-11(13)14/h10H,2-9H2,1H3,(H,13,14). The average molecular weight is 215 g/mol. The molecule has 4 heteroatoms. The van der Waals surface area contributed by atoms with E-state index in [1.165, 1.54) is 6.42 Å². The number of piperidine rings is 1. The van der Waals surface area contributed by atoms with E-state index in [1.54, 1.807) is 7.11 Å². The minimum atomic E-state index is -0.691. The normalized spacial score (nSPS) is 22.9. The molecular formula is C11H21NO3. The Balaban J connectivity index is 2.07. The first kappa shape index (κ1) is 12.5. The summed E-state index contributed by atoms with van der Waals surface area (Å²) in [6.07, 6.45) is 4.77. The maximum Gasteiger partial charge on any atom is 0.303 e. The predicted octanol–water partition coefficient (Wildman–Crippen LogP) is 1.35. The van der Waals surface area contributed by atoms with E-state index in [2.05, 4.69) is 4.90 Å². The van der Waals surface area contributed by atoms with Gasteiger partial charge in [0, 0.05) is 20.1 Å². The monoisotopic (exact) mass is 215 g/mol. The van der Waals surface area contributed by atoms with Crippen molar-refractivity contribution in [1.29, 1.82) is 0 Å². The fourth-order valence-corrected chi connectivity index (χ4v) is 2.02. The van der Waals surface area contributed by atoms with Crippen LogP contribution in [0.5, 0.6) is 0 Å². The Morgan fingerprint density at radius 1 is 1.53 bits per heavy atom. The molecule has 1 aliphatic heterocycles. The second kappa shape index (κ2) is 6.80. The van der Waals surface area contributed by atoms with E-state index in [0.717, 1.165) is 38.9 Å². The molecule has 1 rings (SSSR count). The molecule has 1 fully saturated rings. The van der Waals surface area contributed by atoms with E-state index in [1.807, 2.05) is 0 Å². The molecule has 1 unspecified atom stereocenters. The SMILES string of the molecule is COC1CCCN(CCCCC(=O)O)C1. The summed E-state index contributed by atoms with van der Waals surface area (Å²) in [4.78, 5) is 12.7. The fourth-order valence-electron chi connectivity index (χ4n) is 2.02. The third kappa shape index (κ3) is 5.14. The van der Waals surface area contributed by atoms with Crippen molar-refractivity contribution in [3.05, 3.63) is 0 Å². The van der Waals surface area contributed by atoms with E-state index >= 15 is 0 Å². The zero-order chi connectivity index (χ0) is 11.1. The largest absolute Gasteiger partial charge is 0.481 e. The van der Waals surface area contributed by atoms with Crippen molar-refractivity contribution in [1.82, 2.24) is 4.90 Å². The molecule has 1 N–H and O–H groups in total. The minimum absolute atomic E-state index is 0.293. The summed E-state index contributed by atoms with van der Waals surface area (Å²) < 4.78 is 5.33. The van der Waals surface area contributed by atoms with Gasteiger partial charge in [0.15, 0.2) is 0 Å². The number of nitrogens with zero attached hydrogens (tertiary/aromatic N) is 1. The summed E-state index contributed by atoms with van der Waals surface area (Å²) in [6.45, 7) is 3.14. The lowest BCUT2D eigenvalue weighted by atomic mass is 10.1. The summed E-state index contributed by atoms with van der Waals surface area (Å²) in [5.41, 5.74) is 0. The molecule has 15 heavy (non-hydrogen) atoms. The van der Waals surface area contributed by atoms with Gasteiger partial charge in [0.25, 0.3) is 0 Å². The van der Waals surface area contributed by atoms with Crippen LogP contribution >= 0.6 is 0 Å². The zero-order valence-electron chi connectivity index (χ0n) is 9.45. The van der Waals surface area contributed by atoms with E-state index in [0.29, 0.717) is 12.5 Å². The predicted molar refractivity (Wildman–Crippen MR) is 58.0 cm³/mol. The highest BCUT2D eigenvalue weighted by Gasteiger charge is 2.18. The van der Waals surface area contributed by atoms with Gasteiger partial charge in [0.2, 0.25) is 0 Å². The van der Waals surface area contributed by atoms with Gasteiger partial charge in [-0.2, -0.15) is 0 Å². The Kier molecular flexibility index (Phi) is 5.65. The lowest BCUT2D eigenvalue weighted by Gasteiger charge is -2.31. The lowest BCUT2D eigenvalue weighted by Crippen LogP contribution is -2.39. The summed E-state index contributed by atoms with van der Waals surface area (Å²) in [5.74, 6) is -0.691. The van der Waals surface area contributed by atoms with Crippen LogP contribution in [0.1, 0.15) is 32.1 Å². The first-order chi connectivity index (χ1) is 7.22. The highest BCUT2D eigenvalue weighted by Crippen LogP contribution is 2.13. The molecule has 88 valence electrons. The number of carbonyl (C=O) groups is 1. The molecule has 0 aromatic heterocycles. The number of hydrogen-bond donors (Lipinski definition) is 1. The second-order valence-electron chi connectivity index (χ2n) is 4.15. The molecular weight excluding hydrogens is 194 g/mol. The van der Waals surface area contributed by atoms with Crippen molar-refractivity contribution < 1.29 is 14.6 Å². The van der Waals surface area contributed by atoms with E-state index in [4.69, 9.17) is 9.84 Å². The van der Waals surface area contributed by atoms with Gasteiger partial charge < -0.3 is 14.7 Å². The number of aliphatic carboxylic acids is 1. The van der Waals surface area contributed by atoms with Gasteiger partial charge in [0.05, 0.1) is 6.10 Å². The maximum absolute atomic E-state index is 10.3. The summed E-state index contributed by atoms with van der Waals surface area (Å²) in [6, 6.07) is 0. The summed E-state index contributed by atoms with van der Waals surface area (Å²) in [7, 11) is 1.76. The Morgan fingerprint density at radius 3 is 3.00 bits per heavy atom. The van der Waals surface area contributed by atoms with Crippen LogP contribution in [0.15, 0.2) is 0 Å². The fraction of sp³-hybridized carbons (Fsp3) is 0.909. The van der Waals surface area contributed by atoms with E-state index in [-0.39, 0.29) is 0 Å². The quantitative estimate of drug-likeness (QED) is 0.679. The topological polar surface area (TPSA) is 49.8 Å². The van der Waals surface area contributed by atoms with E-state index in [9.17, 15) is 4.79 Å².